The van der Waals surface area contributed by atoms with E-state index in [-0.39, 0.29) is 12.1 Å². The van der Waals surface area contributed by atoms with Gasteiger partial charge in [0.25, 0.3) is 0 Å². The van der Waals surface area contributed by atoms with Crippen molar-refractivity contribution < 1.29 is 4.74 Å². The topological polar surface area (TPSA) is 49.9 Å². The molecular formula is C14H17N3O. The molecule has 1 aliphatic heterocycles. The zero-order valence-electron chi connectivity index (χ0n) is 10.4. The van der Waals surface area contributed by atoms with Crippen LogP contribution in [-0.4, -0.2) is 22.8 Å². The van der Waals surface area contributed by atoms with Gasteiger partial charge >= 0.3 is 0 Å². The molecule has 1 aromatic carbocycles. The molecule has 18 heavy (non-hydrogen) atoms. The second-order valence-electron chi connectivity index (χ2n) is 4.69. The molecule has 0 saturated carbocycles. The third-order valence-corrected chi connectivity index (χ3v) is 3.35. The molecule has 0 spiro atoms. The van der Waals surface area contributed by atoms with Crippen molar-refractivity contribution in [3.8, 4) is 5.75 Å². The Hall–Kier alpha value is -1.81. The normalized spacial score (nSPS) is 19.3. The molecule has 0 saturated heterocycles. The second kappa shape index (κ2) is 4.82. The highest BCUT2D eigenvalue weighted by molar-refractivity contribution is 5.37. The first kappa shape index (κ1) is 11.3. The summed E-state index contributed by atoms with van der Waals surface area (Å²) in [6, 6.07) is 10.5. The molecule has 0 aliphatic carbocycles. The van der Waals surface area contributed by atoms with Gasteiger partial charge in [0.05, 0.1) is 5.69 Å². The van der Waals surface area contributed by atoms with Crippen molar-refractivity contribution in [3.05, 3.63) is 47.8 Å². The number of hydrogen-bond acceptors (Lipinski definition) is 3. The molecule has 2 N–H and O–H groups in total. The average molecular weight is 243 g/mol. The van der Waals surface area contributed by atoms with Crippen LogP contribution in [0.1, 0.15) is 24.2 Å². The molecule has 2 aromatic rings. The smallest absolute Gasteiger partial charge is 0.123 e. The van der Waals surface area contributed by atoms with E-state index in [2.05, 4.69) is 34.6 Å². The maximum absolute atomic E-state index is 5.89. The lowest BCUT2D eigenvalue weighted by atomic mass is 10.1. The minimum Gasteiger partial charge on any atom is -0.488 e. The Labute approximate surface area is 106 Å². The van der Waals surface area contributed by atoms with Crippen LogP contribution in [0.5, 0.6) is 5.75 Å². The van der Waals surface area contributed by atoms with Crippen LogP contribution in [0.15, 0.2) is 36.5 Å². The predicted octanol–water partition coefficient (Wildman–Crippen LogP) is 2.06. The van der Waals surface area contributed by atoms with Crippen molar-refractivity contribution in [2.24, 2.45) is 0 Å². The first-order valence-electron chi connectivity index (χ1n) is 6.30. The number of nitrogens with one attached hydrogen (secondary N) is 2. The molecule has 0 fully saturated rings. The first-order chi connectivity index (χ1) is 8.83. The maximum atomic E-state index is 5.89. The summed E-state index contributed by atoms with van der Waals surface area (Å²) in [7, 11) is 0. The number of rotatable bonds is 4. The predicted molar refractivity (Wildman–Crippen MR) is 69.6 cm³/mol. The van der Waals surface area contributed by atoms with E-state index in [1.807, 2.05) is 18.2 Å². The van der Waals surface area contributed by atoms with E-state index in [0.29, 0.717) is 0 Å². The molecular weight excluding hydrogens is 226 g/mol. The Kier molecular flexibility index (Phi) is 3.02. The number of fused-ring (bicyclic) bond motifs is 1. The van der Waals surface area contributed by atoms with Gasteiger partial charge in [0.2, 0.25) is 0 Å². The molecule has 2 atom stereocenters. The van der Waals surface area contributed by atoms with Gasteiger partial charge in [0.1, 0.15) is 11.9 Å². The highest BCUT2D eigenvalue weighted by Crippen LogP contribution is 2.27. The van der Waals surface area contributed by atoms with Gasteiger partial charge in [-0.1, -0.05) is 18.2 Å². The van der Waals surface area contributed by atoms with Gasteiger partial charge in [-0.05, 0) is 24.6 Å². The van der Waals surface area contributed by atoms with Crippen LogP contribution >= 0.6 is 0 Å². The lowest BCUT2D eigenvalue weighted by Gasteiger charge is -2.16. The molecule has 94 valence electrons. The number of aromatic amines is 1. The summed E-state index contributed by atoms with van der Waals surface area (Å²) in [4.78, 5) is 0. The summed E-state index contributed by atoms with van der Waals surface area (Å²) in [5.41, 5.74) is 2.41. The summed E-state index contributed by atoms with van der Waals surface area (Å²) in [6.45, 7) is 2.96. The monoisotopic (exact) mass is 243 g/mol. The van der Waals surface area contributed by atoms with Crippen LogP contribution in [0.4, 0.5) is 0 Å². The fourth-order valence-electron chi connectivity index (χ4n) is 2.29. The lowest BCUT2D eigenvalue weighted by Crippen LogP contribution is -2.32. The minimum absolute atomic E-state index is 0.229. The standard InChI is InChI=1S/C14H17N3O/c1-10(13-6-7-16-17-13)15-9-12-8-11-4-2-3-5-14(11)18-12/h2-7,10,12,15H,8-9H2,1H3,(H,16,17). The molecule has 4 nitrogen and oxygen atoms in total. The third kappa shape index (κ3) is 2.24. The average Bonchev–Trinajstić information content (AvgIpc) is 3.04. The fraction of sp³-hybridized carbons (Fsp3) is 0.357. The van der Waals surface area contributed by atoms with E-state index in [1.165, 1.54) is 5.56 Å². The minimum atomic E-state index is 0.229. The zero-order chi connectivity index (χ0) is 12.4. The highest BCUT2D eigenvalue weighted by Gasteiger charge is 2.22. The van der Waals surface area contributed by atoms with Crippen LogP contribution in [0, 0.1) is 0 Å². The summed E-state index contributed by atoms with van der Waals surface area (Å²) >= 11 is 0. The van der Waals surface area contributed by atoms with Crippen LogP contribution < -0.4 is 10.1 Å². The van der Waals surface area contributed by atoms with E-state index < -0.39 is 0 Å². The third-order valence-electron chi connectivity index (χ3n) is 3.35. The van der Waals surface area contributed by atoms with E-state index in [9.17, 15) is 0 Å². The number of para-hydroxylation sites is 1. The van der Waals surface area contributed by atoms with Crippen LogP contribution in [-0.2, 0) is 6.42 Å². The van der Waals surface area contributed by atoms with Gasteiger partial charge in [-0.15, -0.1) is 0 Å². The van der Waals surface area contributed by atoms with Gasteiger partial charge < -0.3 is 10.1 Å². The van der Waals surface area contributed by atoms with Crippen molar-refractivity contribution in [2.45, 2.75) is 25.5 Å². The summed E-state index contributed by atoms with van der Waals surface area (Å²) in [6.07, 6.45) is 2.99. The van der Waals surface area contributed by atoms with Crippen molar-refractivity contribution in [1.29, 1.82) is 0 Å². The van der Waals surface area contributed by atoms with Crippen LogP contribution in [0.2, 0.25) is 0 Å². The zero-order valence-corrected chi connectivity index (χ0v) is 10.4. The number of nitrogens with zero attached hydrogens (tertiary/aromatic N) is 1. The van der Waals surface area contributed by atoms with E-state index in [1.54, 1.807) is 6.20 Å². The Morgan fingerprint density at radius 1 is 1.44 bits per heavy atom. The Morgan fingerprint density at radius 2 is 2.33 bits per heavy atom. The van der Waals surface area contributed by atoms with E-state index in [4.69, 9.17) is 4.74 Å². The number of ether oxygens (including phenoxy) is 1. The van der Waals surface area contributed by atoms with E-state index >= 15 is 0 Å². The Morgan fingerprint density at radius 3 is 3.11 bits per heavy atom. The SMILES string of the molecule is CC(NCC1Cc2ccccc2O1)c1ccn[nH]1. The number of hydrogen-bond donors (Lipinski definition) is 2. The molecule has 1 aromatic heterocycles. The first-order valence-corrected chi connectivity index (χ1v) is 6.30. The van der Waals surface area contributed by atoms with Gasteiger partial charge in [-0.25, -0.2) is 0 Å². The summed E-state index contributed by atoms with van der Waals surface area (Å²) in [5, 5.41) is 10.4. The molecule has 2 heterocycles. The second-order valence-corrected chi connectivity index (χ2v) is 4.69. The number of aromatic nitrogens is 2. The molecule has 0 radical (unpaired) electrons. The summed E-state index contributed by atoms with van der Waals surface area (Å²) < 4.78 is 5.89. The van der Waals surface area contributed by atoms with Crippen molar-refractivity contribution in [1.82, 2.24) is 15.5 Å². The van der Waals surface area contributed by atoms with Gasteiger partial charge in [0, 0.05) is 25.2 Å². The fourth-order valence-corrected chi connectivity index (χ4v) is 2.29. The largest absolute Gasteiger partial charge is 0.488 e. The molecule has 0 bridgehead atoms. The van der Waals surface area contributed by atoms with Gasteiger partial charge in [-0.3, -0.25) is 5.10 Å². The Bertz CT molecular complexity index is 485. The van der Waals surface area contributed by atoms with Crippen molar-refractivity contribution in [3.63, 3.8) is 0 Å². The van der Waals surface area contributed by atoms with Crippen LogP contribution in [0.25, 0.3) is 0 Å². The lowest BCUT2D eigenvalue weighted by molar-refractivity contribution is 0.222. The molecule has 3 rings (SSSR count). The van der Waals surface area contributed by atoms with E-state index in [0.717, 1.165) is 24.4 Å². The van der Waals surface area contributed by atoms with Crippen molar-refractivity contribution in [2.75, 3.05) is 6.54 Å². The molecule has 0 amide bonds. The number of H-pyrrole nitrogens is 1. The summed E-state index contributed by atoms with van der Waals surface area (Å²) in [5.74, 6) is 1.03. The van der Waals surface area contributed by atoms with Gasteiger partial charge in [-0.2, -0.15) is 5.10 Å². The maximum Gasteiger partial charge on any atom is 0.123 e. The highest BCUT2D eigenvalue weighted by atomic mass is 16.5. The Balaban J connectivity index is 1.54. The molecule has 1 aliphatic rings. The molecule has 4 heteroatoms. The van der Waals surface area contributed by atoms with Gasteiger partial charge in [0.15, 0.2) is 0 Å². The van der Waals surface area contributed by atoms with Crippen LogP contribution in [0.3, 0.4) is 0 Å². The molecule has 2 unspecified atom stereocenters. The quantitative estimate of drug-likeness (QED) is 0.864. The number of benzene rings is 1. The van der Waals surface area contributed by atoms with Crippen molar-refractivity contribution >= 4 is 0 Å².